The lowest BCUT2D eigenvalue weighted by atomic mass is 9.77. The minimum absolute atomic E-state index is 0.0744. The molecule has 0 bridgehead atoms. The zero-order valence-corrected chi connectivity index (χ0v) is 11.6. The van der Waals surface area contributed by atoms with Gasteiger partial charge in [0.15, 0.2) is 0 Å². The Morgan fingerprint density at radius 3 is 2.25 bits per heavy atom. The van der Waals surface area contributed by atoms with Gasteiger partial charge in [0.05, 0.1) is 5.56 Å². The molecule has 1 aromatic rings. The second-order valence-electron chi connectivity index (χ2n) is 5.74. The maximum absolute atomic E-state index is 13.9. The van der Waals surface area contributed by atoms with Gasteiger partial charge in [0.25, 0.3) is 0 Å². The van der Waals surface area contributed by atoms with Crippen LogP contribution in [0.2, 0.25) is 0 Å². The average Bonchev–Trinajstić information content (AvgIpc) is 2.39. The molecule has 1 aliphatic carbocycles. The molecular weight excluding hydrogens is 268 g/mol. The van der Waals surface area contributed by atoms with E-state index in [4.69, 9.17) is 0 Å². The molecule has 1 aliphatic rings. The summed E-state index contributed by atoms with van der Waals surface area (Å²) in [4.78, 5) is 0. The van der Waals surface area contributed by atoms with Gasteiger partial charge in [-0.2, -0.15) is 13.2 Å². The van der Waals surface area contributed by atoms with Gasteiger partial charge in [-0.25, -0.2) is 4.39 Å². The predicted octanol–water partition coefficient (Wildman–Crippen LogP) is 5.92. The molecule has 4 heteroatoms. The summed E-state index contributed by atoms with van der Waals surface area (Å²) < 4.78 is 51.4. The maximum Gasteiger partial charge on any atom is 0.416 e. The molecule has 0 spiro atoms. The van der Waals surface area contributed by atoms with E-state index in [9.17, 15) is 17.6 Å². The molecule has 0 aromatic heterocycles. The predicted molar refractivity (Wildman–Crippen MR) is 71.0 cm³/mol. The maximum atomic E-state index is 13.9. The number of hydrogen-bond donors (Lipinski definition) is 0. The van der Waals surface area contributed by atoms with E-state index in [0.29, 0.717) is 17.5 Å². The Hall–Kier alpha value is -1.06. The normalized spacial score (nSPS) is 23.9. The lowest BCUT2D eigenvalue weighted by Crippen LogP contribution is -2.15. The highest BCUT2D eigenvalue weighted by Gasteiger charge is 2.32. The van der Waals surface area contributed by atoms with Crippen LogP contribution in [0.15, 0.2) is 18.2 Å². The van der Waals surface area contributed by atoms with Gasteiger partial charge in [0.2, 0.25) is 0 Å². The molecule has 20 heavy (non-hydrogen) atoms. The van der Waals surface area contributed by atoms with Crippen LogP contribution in [-0.4, -0.2) is 0 Å². The van der Waals surface area contributed by atoms with E-state index in [1.165, 1.54) is 12.5 Å². The Balaban J connectivity index is 2.07. The van der Waals surface area contributed by atoms with Crippen LogP contribution in [0.5, 0.6) is 0 Å². The van der Waals surface area contributed by atoms with E-state index in [0.717, 1.165) is 38.2 Å². The van der Waals surface area contributed by atoms with E-state index in [2.05, 4.69) is 6.92 Å². The van der Waals surface area contributed by atoms with Crippen molar-refractivity contribution in [3.05, 3.63) is 35.1 Å². The molecule has 0 amide bonds. The molecule has 0 atom stereocenters. The molecule has 1 aromatic carbocycles. The molecule has 0 N–H and O–H groups in total. The molecule has 0 heterocycles. The SMILES string of the molecule is CCCC1CCC(c2ccc(C(F)(F)F)cc2F)CC1. The Kier molecular flexibility index (Phi) is 4.71. The molecule has 0 nitrogen and oxygen atoms in total. The first-order chi connectivity index (χ1) is 9.41. The number of hydrogen-bond acceptors (Lipinski definition) is 0. The standard InChI is InChI=1S/C16H20F4/c1-2-3-11-4-6-12(7-5-11)14-9-8-13(10-15(14)17)16(18,19)20/h8-12H,2-7H2,1H3. The third kappa shape index (κ3) is 3.53. The summed E-state index contributed by atoms with van der Waals surface area (Å²) in [6.45, 7) is 2.15. The number of halogens is 4. The Morgan fingerprint density at radius 2 is 1.75 bits per heavy atom. The van der Waals surface area contributed by atoms with Crippen LogP contribution in [0.1, 0.15) is 62.5 Å². The highest BCUT2D eigenvalue weighted by molar-refractivity contribution is 5.29. The first kappa shape index (κ1) is 15.3. The second-order valence-corrected chi connectivity index (χ2v) is 5.74. The fraction of sp³-hybridized carbons (Fsp3) is 0.625. The van der Waals surface area contributed by atoms with Crippen molar-refractivity contribution in [2.45, 2.75) is 57.5 Å². The molecule has 112 valence electrons. The van der Waals surface area contributed by atoms with Gasteiger partial charge >= 0.3 is 6.18 Å². The highest BCUT2D eigenvalue weighted by atomic mass is 19.4. The van der Waals surface area contributed by atoms with Gasteiger partial charge in [-0.15, -0.1) is 0 Å². The minimum atomic E-state index is -4.47. The summed E-state index contributed by atoms with van der Waals surface area (Å²) in [5, 5.41) is 0. The molecular formula is C16H20F4. The second kappa shape index (κ2) is 6.15. The first-order valence-electron chi connectivity index (χ1n) is 7.28. The van der Waals surface area contributed by atoms with Crippen molar-refractivity contribution in [3.63, 3.8) is 0 Å². The minimum Gasteiger partial charge on any atom is -0.207 e. The summed E-state index contributed by atoms with van der Waals surface area (Å²) in [6, 6.07) is 2.95. The van der Waals surface area contributed by atoms with Crippen LogP contribution in [0.25, 0.3) is 0 Å². The smallest absolute Gasteiger partial charge is 0.207 e. The van der Waals surface area contributed by atoms with Crippen molar-refractivity contribution in [1.29, 1.82) is 0 Å². The Bertz CT molecular complexity index is 442. The zero-order chi connectivity index (χ0) is 14.8. The third-order valence-electron chi connectivity index (χ3n) is 4.31. The van der Waals surface area contributed by atoms with Gasteiger partial charge < -0.3 is 0 Å². The first-order valence-corrected chi connectivity index (χ1v) is 7.28. The van der Waals surface area contributed by atoms with Crippen molar-refractivity contribution in [2.24, 2.45) is 5.92 Å². The summed E-state index contributed by atoms with van der Waals surface area (Å²) in [5.74, 6) is 0.0675. The monoisotopic (exact) mass is 288 g/mol. The lowest BCUT2D eigenvalue weighted by molar-refractivity contribution is -0.137. The molecule has 1 saturated carbocycles. The molecule has 0 aliphatic heterocycles. The molecule has 0 unspecified atom stereocenters. The lowest BCUT2D eigenvalue weighted by Gasteiger charge is -2.29. The largest absolute Gasteiger partial charge is 0.416 e. The van der Waals surface area contributed by atoms with Gasteiger partial charge in [-0.3, -0.25) is 0 Å². The fourth-order valence-corrected chi connectivity index (χ4v) is 3.20. The average molecular weight is 288 g/mol. The van der Waals surface area contributed by atoms with Crippen molar-refractivity contribution in [1.82, 2.24) is 0 Å². The quantitative estimate of drug-likeness (QED) is 0.606. The third-order valence-corrected chi connectivity index (χ3v) is 4.31. The van der Waals surface area contributed by atoms with E-state index in [-0.39, 0.29) is 5.92 Å². The molecule has 2 rings (SSSR count). The number of benzene rings is 1. The van der Waals surface area contributed by atoms with Crippen LogP contribution >= 0.6 is 0 Å². The molecule has 0 radical (unpaired) electrons. The van der Waals surface area contributed by atoms with Gasteiger partial charge in [-0.1, -0.05) is 25.8 Å². The van der Waals surface area contributed by atoms with Crippen LogP contribution in [0.3, 0.4) is 0 Å². The number of rotatable bonds is 3. The fourth-order valence-electron chi connectivity index (χ4n) is 3.20. The van der Waals surface area contributed by atoms with Gasteiger partial charge in [0, 0.05) is 0 Å². The van der Waals surface area contributed by atoms with Crippen LogP contribution < -0.4 is 0 Å². The topological polar surface area (TPSA) is 0 Å². The summed E-state index contributed by atoms with van der Waals surface area (Å²) >= 11 is 0. The molecule has 0 saturated heterocycles. The van der Waals surface area contributed by atoms with Gasteiger partial charge in [-0.05, 0) is 55.2 Å². The summed E-state index contributed by atoms with van der Waals surface area (Å²) in [5.41, 5.74) is -0.452. The van der Waals surface area contributed by atoms with E-state index < -0.39 is 17.6 Å². The Morgan fingerprint density at radius 1 is 1.10 bits per heavy atom. The van der Waals surface area contributed by atoms with Crippen molar-refractivity contribution < 1.29 is 17.6 Å². The Labute approximate surface area is 117 Å². The van der Waals surface area contributed by atoms with Crippen LogP contribution in [0.4, 0.5) is 17.6 Å². The number of alkyl halides is 3. The summed E-state index contributed by atoms with van der Waals surface area (Å²) in [7, 11) is 0. The van der Waals surface area contributed by atoms with E-state index in [1.807, 2.05) is 0 Å². The van der Waals surface area contributed by atoms with Crippen molar-refractivity contribution in [3.8, 4) is 0 Å². The van der Waals surface area contributed by atoms with Crippen LogP contribution in [0, 0.1) is 11.7 Å². The van der Waals surface area contributed by atoms with Gasteiger partial charge in [0.1, 0.15) is 5.82 Å². The van der Waals surface area contributed by atoms with E-state index >= 15 is 0 Å². The molecule has 1 fully saturated rings. The highest BCUT2D eigenvalue weighted by Crippen LogP contribution is 2.39. The summed E-state index contributed by atoms with van der Waals surface area (Å²) in [6.07, 6.45) is 1.75. The van der Waals surface area contributed by atoms with E-state index in [1.54, 1.807) is 0 Å². The van der Waals surface area contributed by atoms with Crippen molar-refractivity contribution in [2.75, 3.05) is 0 Å². The zero-order valence-electron chi connectivity index (χ0n) is 11.6. The van der Waals surface area contributed by atoms with Crippen LogP contribution in [-0.2, 0) is 6.18 Å². The van der Waals surface area contributed by atoms with Crippen molar-refractivity contribution >= 4 is 0 Å².